The Morgan fingerprint density at radius 2 is 1.16 bits per heavy atom. The van der Waals surface area contributed by atoms with Gasteiger partial charge in [0.05, 0.1) is 27.9 Å². The zero-order valence-electron chi connectivity index (χ0n) is 28.0. The van der Waals surface area contributed by atoms with Crippen LogP contribution in [0.5, 0.6) is 0 Å². The maximum absolute atomic E-state index is 5.16. The van der Waals surface area contributed by atoms with Crippen LogP contribution in [0.2, 0.25) is 0 Å². The van der Waals surface area contributed by atoms with Crippen molar-refractivity contribution < 1.29 is 0 Å². The Bertz CT molecular complexity index is 2700. The van der Waals surface area contributed by atoms with Crippen molar-refractivity contribution in [3.63, 3.8) is 0 Å². The summed E-state index contributed by atoms with van der Waals surface area (Å²) in [5.41, 5.74) is 9.97. The largest absolute Gasteiger partial charge is 0.308 e. The number of fused-ring (bicyclic) bond motifs is 4. The van der Waals surface area contributed by atoms with Gasteiger partial charge in [-0.05, 0) is 55.6 Å². The minimum Gasteiger partial charge on any atom is -0.308 e. The number of hydrogen-bond donors (Lipinski definition) is 0. The lowest BCUT2D eigenvalue weighted by atomic mass is 10.0. The van der Waals surface area contributed by atoms with Crippen LogP contribution in [0.25, 0.3) is 84.3 Å². The molecular weight excluding hydrogens is 625 g/mol. The normalized spacial score (nSPS) is 11.6. The van der Waals surface area contributed by atoms with Gasteiger partial charge >= 0.3 is 0 Å². The van der Waals surface area contributed by atoms with Crippen molar-refractivity contribution in [3.8, 4) is 45.5 Å². The SMILES string of the molecule is C=Nc1c(/C=C\C)n(-c2ccccc2)c2ccc(-c3cccc4c5ccccc5n(-c5nc(-c6ccccc6)nc(-c6ccccc6)n5)c34)cc12. The lowest BCUT2D eigenvalue weighted by Crippen LogP contribution is -2.06. The molecule has 6 aromatic carbocycles. The summed E-state index contributed by atoms with van der Waals surface area (Å²) in [6.07, 6.45) is 4.15. The van der Waals surface area contributed by atoms with Crippen molar-refractivity contribution in [2.24, 2.45) is 4.99 Å². The van der Waals surface area contributed by atoms with Crippen LogP contribution in [-0.2, 0) is 0 Å². The van der Waals surface area contributed by atoms with E-state index in [4.69, 9.17) is 15.0 Å². The fraction of sp³-hybridized carbons (Fsp3) is 0.0222. The summed E-state index contributed by atoms with van der Waals surface area (Å²) >= 11 is 0. The Balaban J connectivity index is 1.34. The fourth-order valence-corrected chi connectivity index (χ4v) is 7.15. The first-order valence-corrected chi connectivity index (χ1v) is 17.0. The van der Waals surface area contributed by atoms with Crippen molar-refractivity contribution in [1.82, 2.24) is 24.1 Å². The lowest BCUT2D eigenvalue weighted by molar-refractivity contribution is 0.954. The number of nitrogens with zero attached hydrogens (tertiary/aromatic N) is 6. The van der Waals surface area contributed by atoms with E-state index in [1.165, 1.54) is 0 Å². The van der Waals surface area contributed by atoms with Gasteiger partial charge in [-0.25, -0.2) is 4.98 Å². The third kappa shape index (κ3) is 5.04. The maximum Gasteiger partial charge on any atom is 0.238 e. The highest BCUT2D eigenvalue weighted by molar-refractivity contribution is 6.14. The predicted octanol–water partition coefficient (Wildman–Crippen LogP) is 11.3. The molecule has 0 saturated carbocycles. The molecule has 0 bridgehead atoms. The highest BCUT2D eigenvalue weighted by Gasteiger charge is 2.22. The molecule has 0 fully saturated rings. The second-order valence-electron chi connectivity index (χ2n) is 12.4. The first-order chi connectivity index (χ1) is 25.2. The van der Waals surface area contributed by atoms with E-state index in [1.807, 2.05) is 79.7 Å². The average Bonchev–Trinajstić information content (AvgIpc) is 3.71. The van der Waals surface area contributed by atoms with E-state index in [0.29, 0.717) is 17.6 Å². The van der Waals surface area contributed by atoms with Crippen molar-refractivity contribution in [1.29, 1.82) is 0 Å². The summed E-state index contributed by atoms with van der Waals surface area (Å²) in [5.74, 6) is 1.79. The van der Waals surface area contributed by atoms with E-state index in [0.717, 1.165) is 72.0 Å². The summed E-state index contributed by atoms with van der Waals surface area (Å²) in [5, 5.41) is 3.26. The first-order valence-electron chi connectivity index (χ1n) is 17.0. The van der Waals surface area contributed by atoms with Crippen molar-refractivity contribution >= 4 is 51.2 Å². The molecule has 3 heterocycles. The van der Waals surface area contributed by atoms with Gasteiger partial charge in [0.2, 0.25) is 5.95 Å². The van der Waals surface area contributed by atoms with E-state index in [9.17, 15) is 0 Å². The summed E-state index contributed by atoms with van der Waals surface area (Å²) in [7, 11) is 0. The molecule has 0 saturated heterocycles. The first kappa shape index (κ1) is 30.2. The maximum atomic E-state index is 5.16. The Morgan fingerprint density at radius 1 is 0.549 bits per heavy atom. The van der Waals surface area contributed by atoms with Crippen LogP contribution in [0.3, 0.4) is 0 Å². The minimum atomic E-state index is 0.557. The molecule has 3 aromatic heterocycles. The van der Waals surface area contributed by atoms with E-state index < -0.39 is 0 Å². The van der Waals surface area contributed by atoms with E-state index in [2.05, 4.69) is 112 Å². The number of para-hydroxylation sites is 3. The molecule has 0 aliphatic carbocycles. The number of aromatic nitrogens is 5. The molecule has 51 heavy (non-hydrogen) atoms. The Labute approximate surface area is 295 Å². The number of hydrogen-bond acceptors (Lipinski definition) is 4. The van der Waals surface area contributed by atoms with Crippen LogP contribution < -0.4 is 0 Å². The number of rotatable bonds is 7. The molecule has 0 amide bonds. The summed E-state index contributed by atoms with van der Waals surface area (Å²) in [4.78, 5) is 19.9. The molecule has 0 spiro atoms. The Hall–Kier alpha value is -6.92. The van der Waals surface area contributed by atoms with Gasteiger partial charge in [-0.3, -0.25) is 9.56 Å². The monoisotopic (exact) mass is 656 g/mol. The number of benzene rings is 6. The Kier molecular flexibility index (Phi) is 7.40. The van der Waals surface area contributed by atoms with Gasteiger partial charge < -0.3 is 4.57 Å². The second kappa shape index (κ2) is 12.5. The fourth-order valence-electron chi connectivity index (χ4n) is 7.15. The van der Waals surface area contributed by atoms with E-state index in [-0.39, 0.29) is 0 Å². The van der Waals surface area contributed by atoms with Gasteiger partial charge in [0.15, 0.2) is 11.6 Å². The topological polar surface area (TPSA) is 60.9 Å². The smallest absolute Gasteiger partial charge is 0.238 e. The van der Waals surface area contributed by atoms with Crippen LogP contribution in [0.15, 0.2) is 163 Å². The van der Waals surface area contributed by atoms with Gasteiger partial charge in [0, 0.05) is 38.5 Å². The highest BCUT2D eigenvalue weighted by Crippen LogP contribution is 2.42. The molecule has 6 nitrogen and oxygen atoms in total. The molecule has 0 unspecified atom stereocenters. The lowest BCUT2D eigenvalue weighted by Gasteiger charge is -2.13. The average molecular weight is 657 g/mol. The van der Waals surface area contributed by atoms with E-state index in [1.54, 1.807) is 0 Å². The van der Waals surface area contributed by atoms with Gasteiger partial charge in [-0.2, -0.15) is 9.97 Å². The Morgan fingerprint density at radius 3 is 1.82 bits per heavy atom. The summed E-state index contributed by atoms with van der Waals surface area (Å²) < 4.78 is 4.44. The highest BCUT2D eigenvalue weighted by atomic mass is 15.2. The van der Waals surface area contributed by atoms with Crippen LogP contribution in [0.1, 0.15) is 12.6 Å². The molecule has 0 atom stereocenters. The number of allylic oxidation sites excluding steroid dienone is 1. The summed E-state index contributed by atoms with van der Waals surface area (Å²) in [6.45, 7) is 6.03. The molecule has 9 rings (SSSR count). The molecule has 6 heteroatoms. The minimum absolute atomic E-state index is 0.557. The van der Waals surface area contributed by atoms with Gasteiger partial charge in [0.1, 0.15) is 0 Å². The van der Waals surface area contributed by atoms with Gasteiger partial charge in [-0.1, -0.05) is 127 Å². The standard InChI is InChI=1S/C45H32N6/c1-3-16-40-41(46-2)37-29-32(27-28-39(37)50(40)33-21-11-6-12-22-33)34-24-15-25-36-35-23-13-14-26-38(35)51(42(34)36)45-48-43(30-17-7-4-8-18-30)47-44(49-45)31-19-9-5-10-20-31/h3-29H,2H2,1H3/b16-3-. The van der Waals surface area contributed by atoms with Crippen molar-refractivity contribution in [2.75, 3.05) is 0 Å². The molecule has 0 N–H and O–H groups in total. The van der Waals surface area contributed by atoms with Crippen LogP contribution in [0.4, 0.5) is 5.69 Å². The summed E-state index contributed by atoms with van der Waals surface area (Å²) in [6, 6.07) is 52.1. The zero-order valence-corrected chi connectivity index (χ0v) is 28.0. The predicted molar refractivity (Wildman–Crippen MR) is 211 cm³/mol. The molecule has 242 valence electrons. The third-order valence-electron chi connectivity index (χ3n) is 9.37. The number of aliphatic imine (C=N–C) groups is 1. The molecule has 0 radical (unpaired) electrons. The van der Waals surface area contributed by atoms with Crippen LogP contribution in [0, 0.1) is 0 Å². The van der Waals surface area contributed by atoms with Gasteiger partial charge in [-0.15, -0.1) is 0 Å². The van der Waals surface area contributed by atoms with E-state index >= 15 is 0 Å². The molecule has 9 aromatic rings. The quantitative estimate of drug-likeness (QED) is 0.160. The second-order valence-corrected chi connectivity index (χ2v) is 12.4. The molecular formula is C45H32N6. The van der Waals surface area contributed by atoms with Crippen molar-refractivity contribution in [3.05, 3.63) is 163 Å². The van der Waals surface area contributed by atoms with Crippen molar-refractivity contribution in [2.45, 2.75) is 6.92 Å². The van der Waals surface area contributed by atoms with Gasteiger partial charge in [0.25, 0.3) is 0 Å². The molecule has 0 aliphatic heterocycles. The third-order valence-corrected chi connectivity index (χ3v) is 9.37. The molecule has 0 aliphatic rings. The van der Waals surface area contributed by atoms with Crippen LogP contribution in [-0.4, -0.2) is 30.8 Å². The zero-order chi connectivity index (χ0) is 34.3. The van der Waals surface area contributed by atoms with Crippen LogP contribution >= 0.6 is 0 Å².